The van der Waals surface area contributed by atoms with Crippen LogP contribution in [-0.4, -0.2) is 15.7 Å². The fourth-order valence-corrected chi connectivity index (χ4v) is 4.16. The second-order valence-electron chi connectivity index (χ2n) is 7.08. The molecule has 4 aromatic rings. The number of nitrogens with one attached hydrogen (secondary N) is 1. The number of fused-ring (bicyclic) bond motifs is 1. The van der Waals surface area contributed by atoms with E-state index in [2.05, 4.69) is 45.5 Å². The largest absolute Gasteiger partial charge is 0.310 e. The van der Waals surface area contributed by atoms with Gasteiger partial charge in [0.1, 0.15) is 5.82 Å². The number of nitrogens with zero attached hydrogens (tertiary/aromatic N) is 2. The van der Waals surface area contributed by atoms with Crippen LogP contribution < -0.4 is 5.32 Å². The molecule has 0 unspecified atom stereocenters. The molecule has 142 valence electrons. The summed E-state index contributed by atoms with van der Waals surface area (Å²) in [6, 6.07) is 28.3. The zero-order valence-electron chi connectivity index (χ0n) is 15.5. The topological polar surface area (TPSA) is 46.9 Å². The molecule has 0 saturated carbocycles. The fourth-order valence-electron chi connectivity index (χ4n) is 3.90. The van der Waals surface area contributed by atoms with Crippen molar-refractivity contribution in [1.82, 2.24) is 9.78 Å². The Labute approximate surface area is 177 Å². The maximum Gasteiger partial charge on any atom is 0.226 e. The van der Waals surface area contributed by atoms with E-state index in [1.165, 1.54) is 0 Å². The number of hydrogen-bond donors (Lipinski definition) is 1. The molecule has 5 heteroatoms. The van der Waals surface area contributed by atoms with Crippen LogP contribution in [0, 0.1) is 0 Å². The molecule has 1 atom stereocenters. The van der Waals surface area contributed by atoms with Gasteiger partial charge in [0, 0.05) is 27.9 Å². The third kappa shape index (κ3) is 3.28. The molecular weight excluding hydrogens is 426 g/mol. The van der Waals surface area contributed by atoms with Gasteiger partial charge in [-0.05, 0) is 29.8 Å². The number of para-hydroxylation sites is 1. The van der Waals surface area contributed by atoms with Gasteiger partial charge < -0.3 is 5.32 Å². The number of benzene rings is 3. The molecule has 1 N–H and O–H groups in total. The summed E-state index contributed by atoms with van der Waals surface area (Å²) in [5.41, 5.74) is 5.02. The number of carbonyl (C=O) groups is 1. The lowest BCUT2D eigenvalue weighted by molar-refractivity contribution is -0.116. The van der Waals surface area contributed by atoms with Gasteiger partial charge in [-0.2, -0.15) is 5.10 Å². The first-order valence-electron chi connectivity index (χ1n) is 9.50. The molecule has 1 aliphatic heterocycles. The monoisotopic (exact) mass is 443 g/mol. The fraction of sp³-hybridized carbons (Fsp3) is 0.0833. The molecule has 5 rings (SSSR count). The highest BCUT2D eigenvalue weighted by Gasteiger charge is 2.34. The molecule has 4 nitrogen and oxygen atoms in total. The predicted octanol–water partition coefficient (Wildman–Crippen LogP) is 5.78. The van der Waals surface area contributed by atoms with Crippen LogP contribution in [0.2, 0.25) is 0 Å². The molecule has 0 spiro atoms. The van der Waals surface area contributed by atoms with Crippen molar-refractivity contribution < 1.29 is 4.79 Å². The van der Waals surface area contributed by atoms with Crippen molar-refractivity contribution in [3.63, 3.8) is 0 Å². The summed E-state index contributed by atoms with van der Waals surface area (Å²) in [6.45, 7) is 0. The van der Waals surface area contributed by atoms with Crippen LogP contribution in [0.1, 0.15) is 23.5 Å². The van der Waals surface area contributed by atoms with Crippen LogP contribution in [0.4, 0.5) is 5.82 Å². The average molecular weight is 444 g/mol. The third-order valence-electron chi connectivity index (χ3n) is 5.24. The Balaban J connectivity index is 1.77. The molecular formula is C24H18BrN3O. The van der Waals surface area contributed by atoms with E-state index in [1.54, 1.807) is 0 Å². The average Bonchev–Trinajstić information content (AvgIpc) is 3.14. The number of halogens is 1. The molecule has 0 bridgehead atoms. The summed E-state index contributed by atoms with van der Waals surface area (Å²) >= 11 is 3.50. The molecule has 3 aromatic carbocycles. The summed E-state index contributed by atoms with van der Waals surface area (Å²) < 4.78 is 2.87. The van der Waals surface area contributed by atoms with Crippen molar-refractivity contribution >= 4 is 27.7 Å². The van der Waals surface area contributed by atoms with E-state index in [9.17, 15) is 4.79 Å². The van der Waals surface area contributed by atoms with Gasteiger partial charge in [-0.3, -0.25) is 4.79 Å². The Kier molecular flexibility index (Phi) is 4.52. The number of aromatic nitrogens is 2. The molecule has 0 saturated heterocycles. The van der Waals surface area contributed by atoms with Crippen LogP contribution in [-0.2, 0) is 4.79 Å². The lowest BCUT2D eigenvalue weighted by atomic mass is 9.84. The van der Waals surface area contributed by atoms with Gasteiger partial charge in [0.05, 0.1) is 11.4 Å². The lowest BCUT2D eigenvalue weighted by Crippen LogP contribution is -2.24. The molecule has 1 aromatic heterocycles. The number of carbonyl (C=O) groups excluding carboxylic acids is 1. The highest BCUT2D eigenvalue weighted by atomic mass is 79.9. The molecule has 0 aliphatic carbocycles. The number of rotatable bonds is 3. The van der Waals surface area contributed by atoms with E-state index in [1.807, 2.05) is 65.3 Å². The highest BCUT2D eigenvalue weighted by molar-refractivity contribution is 9.10. The van der Waals surface area contributed by atoms with Crippen molar-refractivity contribution in [3.8, 4) is 16.9 Å². The van der Waals surface area contributed by atoms with Crippen molar-refractivity contribution in [3.05, 3.63) is 101 Å². The van der Waals surface area contributed by atoms with Crippen LogP contribution in [0.25, 0.3) is 16.9 Å². The van der Waals surface area contributed by atoms with E-state index < -0.39 is 0 Å². The first kappa shape index (κ1) is 17.9. The smallest absolute Gasteiger partial charge is 0.226 e. The number of hydrogen-bond acceptors (Lipinski definition) is 2. The second kappa shape index (κ2) is 7.33. The quantitative estimate of drug-likeness (QED) is 0.436. The SMILES string of the molecule is O=C1C[C@H](c2ccc(Br)cc2)c2c(-c3ccccc3)nn(-c3ccccc3)c2N1. The van der Waals surface area contributed by atoms with Crippen LogP contribution in [0.15, 0.2) is 89.4 Å². The Morgan fingerprint density at radius 3 is 2.24 bits per heavy atom. The summed E-state index contributed by atoms with van der Waals surface area (Å²) in [7, 11) is 0. The Morgan fingerprint density at radius 1 is 0.897 bits per heavy atom. The molecule has 2 heterocycles. The van der Waals surface area contributed by atoms with Crippen molar-refractivity contribution in [1.29, 1.82) is 0 Å². The molecule has 0 radical (unpaired) electrons. The Hall–Kier alpha value is -3.18. The van der Waals surface area contributed by atoms with Crippen LogP contribution in [0.3, 0.4) is 0 Å². The van der Waals surface area contributed by atoms with Crippen molar-refractivity contribution in [2.24, 2.45) is 0 Å². The zero-order chi connectivity index (χ0) is 19.8. The van der Waals surface area contributed by atoms with E-state index in [0.29, 0.717) is 6.42 Å². The second-order valence-corrected chi connectivity index (χ2v) is 8.00. The van der Waals surface area contributed by atoms with Gasteiger partial charge in [0.2, 0.25) is 5.91 Å². The minimum atomic E-state index is -0.0560. The summed E-state index contributed by atoms with van der Waals surface area (Å²) in [6.07, 6.45) is 0.398. The number of anilines is 1. The maximum atomic E-state index is 12.6. The molecule has 1 aliphatic rings. The first-order valence-corrected chi connectivity index (χ1v) is 10.3. The van der Waals surface area contributed by atoms with Gasteiger partial charge in [0.25, 0.3) is 0 Å². The third-order valence-corrected chi connectivity index (χ3v) is 5.77. The lowest BCUT2D eigenvalue weighted by Gasteiger charge is -2.25. The molecule has 0 fully saturated rings. The minimum Gasteiger partial charge on any atom is -0.310 e. The minimum absolute atomic E-state index is 0.00196. The molecule has 1 amide bonds. The van der Waals surface area contributed by atoms with Gasteiger partial charge in [0.15, 0.2) is 0 Å². The summed E-state index contributed by atoms with van der Waals surface area (Å²) in [5, 5.41) is 8.03. The van der Waals surface area contributed by atoms with Gasteiger partial charge in [-0.1, -0.05) is 76.6 Å². The summed E-state index contributed by atoms with van der Waals surface area (Å²) in [5.74, 6) is 0.695. The van der Waals surface area contributed by atoms with Crippen LogP contribution >= 0.6 is 15.9 Å². The summed E-state index contributed by atoms with van der Waals surface area (Å²) in [4.78, 5) is 12.6. The normalized spacial score (nSPS) is 15.6. The number of amides is 1. The van der Waals surface area contributed by atoms with E-state index in [4.69, 9.17) is 5.10 Å². The van der Waals surface area contributed by atoms with Crippen molar-refractivity contribution in [2.45, 2.75) is 12.3 Å². The molecule has 29 heavy (non-hydrogen) atoms. The maximum absolute atomic E-state index is 12.6. The highest BCUT2D eigenvalue weighted by Crippen LogP contribution is 2.44. The standard InChI is InChI=1S/C24H18BrN3O/c25-18-13-11-16(12-14-18)20-15-21(29)26-24-22(20)23(17-7-3-1-4-8-17)27-28(24)19-9-5-2-6-10-19/h1-14,20H,15H2,(H,26,29)/t20-/m1/s1. The van der Waals surface area contributed by atoms with E-state index in [-0.39, 0.29) is 11.8 Å². The van der Waals surface area contributed by atoms with Gasteiger partial charge in [-0.15, -0.1) is 0 Å². The Morgan fingerprint density at radius 2 is 1.55 bits per heavy atom. The van der Waals surface area contributed by atoms with Gasteiger partial charge in [-0.25, -0.2) is 4.68 Å². The zero-order valence-corrected chi connectivity index (χ0v) is 17.1. The van der Waals surface area contributed by atoms with Crippen LogP contribution in [0.5, 0.6) is 0 Å². The van der Waals surface area contributed by atoms with Crippen molar-refractivity contribution in [2.75, 3.05) is 5.32 Å². The van der Waals surface area contributed by atoms with E-state index in [0.717, 1.165) is 38.4 Å². The Bertz CT molecular complexity index is 1170. The first-order chi connectivity index (χ1) is 14.2. The van der Waals surface area contributed by atoms with E-state index >= 15 is 0 Å². The predicted molar refractivity (Wildman–Crippen MR) is 118 cm³/mol. The van der Waals surface area contributed by atoms with Gasteiger partial charge >= 0.3 is 0 Å².